The Morgan fingerprint density at radius 1 is 1.59 bits per heavy atom. The summed E-state index contributed by atoms with van der Waals surface area (Å²) >= 11 is 5.33. The summed E-state index contributed by atoms with van der Waals surface area (Å²) in [5.74, 6) is -0.939. The predicted molar refractivity (Wildman–Crippen MR) is 58.2 cm³/mol. The fourth-order valence-corrected chi connectivity index (χ4v) is 1.40. The molecule has 6 nitrogen and oxygen atoms in total. The van der Waals surface area contributed by atoms with E-state index in [1.165, 1.54) is 0 Å². The molecule has 0 bridgehead atoms. The number of halogens is 1. The summed E-state index contributed by atoms with van der Waals surface area (Å²) in [4.78, 5) is 31.9. The van der Waals surface area contributed by atoms with E-state index in [1.807, 2.05) is 0 Å². The molecular formula is C10H5ClN2O4. The van der Waals surface area contributed by atoms with Gasteiger partial charge in [0.25, 0.3) is 5.69 Å². The number of aldehydes is 1. The summed E-state index contributed by atoms with van der Waals surface area (Å²) in [6, 6.07) is 3.56. The Morgan fingerprint density at radius 3 is 2.65 bits per heavy atom. The highest BCUT2D eigenvalue weighted by Gasteiger charge is 2.20. The highest BCUT2D eigenvalue weighted by molar-refractivity contribution is 6.30. The summed E-state index contributed by atoms with van der Waals surface area (Å²) in [5.41, 5.74) is -1.03. The average molecular weight is 253 g/mol. The molecule has 0 heterocycles. The van der Waals surface area contributed by atoms with Gasteiger partial charge in [0.15, 0.2) is 12.1 Å². The van der Waals surface area contributed by atoms with Gasteiger partial charge in [-0.25, -0.2) is 0 Å². The minimum absolute atomic E-state index is 0.0878. The molecule has 0 aliphatic carbocycles. The van der Waals surface area contributed by atoms with Gasteiger partial charge in [-0.1, -0.05) is 0 Å². The van der Waals surface area contributed by atoms with E-state index in [9.17, 15) is 19.7 Å². The number of carbonyl (C=O) groups excluding carboxylic acids is 2. The first-order valence-electron chi connectivity index (χ1n) is 4.32. The number of carbonyl (C=O) groups is 2. The number of benzene rings is 1. The van der Waals surface area contributed by atoms with Crippen LogP contribution in [0.2, 0.25) is 0 Å². The van der Waals surface area contributed by atoms with Crippen molar-refractivity contribution in [1.82, 2.24) is 0 Å². The second-order valence-electron chi connectivity index (χ2n) is 3.00. The molecule has 7 heteroatoms. The molecule has 0 aliphatic heterocycles. The number of ketones is 1. The zero-order valence-electron chi connectivity index (χ0n) is 8.34. The van der Waals surface area contributed by atoms with Crippen LogP contribution in [0.3, 0.4) is 0 Å². The van der Waals surface area contributed by atoms with Gasteiger partial charge in [0, 0.05) is 11.6 Å². The molecule has 0 aromatic heterocycles. The van der Waals surface area contributed by atoms with Crippen LogP contribution in [-0.4, -0.2) is 22.9 Å². The average Bonchev–Trinajstić information content (AvgIpc) is 2.35. The van der Waals surface area contributed by atoms with Gasteiger partial charge >= 0.3 is 0 Å². The van der Waals surface area contributed by atoms with Crippen LogP contribution in [0, 0.1) is 21.4 Å². The van der Waals surface area contributed by atoms with E-state index in [-0.39, 0.29) is 28.9 Å². The van der Waals surface area contributed by atoms with E-state index in [0.29, 0.717) is 0 Å². The van der Waals surface area contributed by atoms with Crippen molar-refractivity contribution in [2.75, 3.05) is 5.88 Å². The number of nitro groups is 1. The van der Waals surface area contributed by atoms with Gasteiger partial charge < -0.3 is 0 Å². The first kappa shape index (κ1) is 12.8. The normalized spacial score (nSPS) is 9.41. The molecule has 0 saturated heterocycles. The number of nitro benzene ring substituents is 1. The maximum absolute atomic E-state index is 11.4. The van der Waals surface area contributed by atoms with Crippen molar-refractivity contribution in [2.24, 2.45) is 0 Å². The van der Waals surface area contributed by atoms with Gasteiger partial charge in [-0.3, -0.25) is 19.7 Å². The molecule has 17 heavy (non-hydrogen) atoms. The summed E-state index contributed by atoms with van der Waals surface area (Å²) in [6.45, 7) is 0. The lowest BCUT2D eigenvalue weighted by atomic mass is 10.0. The van der Waals surface area contributed by atoms with Gasteiger partial charge in [0.1, 0.15) is 6.07 Å². The van der Waals surface area contributed by atoms with Crippen molar-refractivity contribution in [2.45, 2.75) is 0 Å². The van der Waals surface area contributed by atoms with Crippen LogP contribution in [0.15, 0.2) is 12.1 Å². The van der Waals surface area contributed by atoms with E-state index in [4.69, 9.17) is 16.9 Å². The Hall–Kier alpha value is -2.26. The Balaban J connectivity index is 3.55. The number of hydrogen-bond donors (Lipinski definition) is 0. The lowest BCUT2D eigenvalue weighted by molar-refractivity contribution is -0.385. The molecule has 0 unspecified atom stereocenters. The maximum Gasteiger partial charge on any atom is 0.281 e. The van der Waals surface area contributed by atoms with Gasteiger partial charge in [0.05, 0.1) is 21.9 Å². The van der Waals surface area contributed by atoms with Crippen molar-refractivity contribution in [3.05, 3.63) is 38.9 Å². The Labute approximate surface area is 101 Å². The Kier molecular flexibility index (Phi) is 3.91. The third-order valence-electron chi connectivity index (χ3n) is 2.03. The van der Waals surface area contributed by atoms with Gasteiger partial charge in [0.2, 0.25) is 0 Å². The molecule has 0 spiro atoms. The monoisotopic (exact) mass is 252 g/mol. The molecule has 0 radical (unpaired) electrons. The van der Waals surface area contributed by atoms with Crippen molar-refractivity contribution in [3.63, 3.8) is 0 Å². The summed E-state index contributed by atoms with van der Waals surface area (Å²) < 4.78 is 0. The number of rotatable bonds is 4. The lowest BCUT2D eigenvalue weighted by Crippen LogP contribution is -2.06. The highest BCUT2D eigenvalue weighted by atomic mass is 35.5. The predicted octanol–water partition coefficient (Wildman–Crippen LogP) is 1.70. The molecule has 0 aliphatic rings. The maximum atomic E-state index is 11.4. The molecule has 1 aromatic carbocycles. The molecule has 0 atom stereocenters. The van der Waals surface area contributed by atoms with E-state index < -0.39 is 16.4 Å². The largest absolute Gasteiger partial charge is 0.298 e. The number of alkyl halides is 1. The molecule has 1 aromatic rings. The zero-order chi connectivity index (χ0) is 13.0. The SMILES string of the molecule is N#Cc1cc([N+](=O)[O-])c(C=O)cc1C(=O)CCl. The molecule has 1 rings (SSSR count). The van der Waals surface area contributed by atoms with Crippen LogP contribution in [-0.2, 0) is 0 Å². The van der Waals surface area contributed by atoms with Gasteiger partial charge in [-0.2, -0.15) is 5.26 Å². The second kappa shape index (κ2) is 5.18. The number of nitrogens with zero attached hydrogens (tertiary/aromatic N) is 2. The highest BCUT2D eigenvalue weighted by Crippen LogP contribution is 2.22. The van der Waals surface area contributed by atoms with Crippen LogP contribution in [0.5, 0.6) is 0 Å². The fourth-order valence-electron chi connectivity index (χ4n) is 1.25. The third-order valence-corrected chi connectivity index (χ3v) is 2.28. The van der Waals surface area contributed by atoms with Crippen molar-refractivity contribution in [3.8, 4) is 6.07 Å². The van der Waals surface area contributed by atoms with E-state index in [2.05, 4.69) is 0 Å². The number of Topliss-reactive ketones (excluding diaryl/α,β-unsaturated/α-hetero) is 1. The Morgan fingerprint density at radius 2 is 2.24 bits per heavy atom. The molecular weight excluding hydrogens is 248 g/mol. The van der Waals surface area contributed by atoms with E-state index in [1.54, 1.807) is 6.07 Å². The molecule has 0 N–H and O–H groups in total. The molecule has 0 fully saturated rings. The summed E-state index contributed by atoms with van der Waals surface area (Å²) in [7, 11) is 0. The number of hydrogen-bond acceptors (Lipinski definition) is 5. The van der Waals surface area contributed by atoms with E-state index >= 15 is 0 Å². The molecule has 0 saturated carbocycles. The minimum atomic E-state index is -0.792. The summed E-state index contributed by atoms with van der Waals surface area (Å²) in [5, 5.41) is 19.4. The van der Waals surface area contributed by atoms with Crippen LogP contribution in [0.1, 0.15) is 26.3 Å². The minimum Gasteiger partial charge on any atom is -0.298 e. The van der Waals surface area contributed by atoms with Gasteiger partial charge in [-0.15, -0.1) is 11.6 Å². The standard InChI is InChI=1S/C10H5ClN2O4/c11-3-10(15)8-1-7(5-14)9(13(16)17)2-6(8)4-12/h1-2,5H,3H2. The molecule has 86 valence electrons. The fraction of sp³-hybridized carbons (Fsp3) is 0.100. The van der Waals surface area contributed by atoms with Crippen LogP contribution in [0.4, 0.5) is 5.69 Å². The second-order valence-corrected chi connectivity index (χ2v) is 3.27. The zero-order valence-corrected chi connectivity index (χ0v) is 9.10. The lowest BCUT2D eigenvalue weighted by Gasteiger charge is -2.02. The first-order chi connectivity index (χ1) is 8.04. The third kappa shape index (κ3) is 2.46. The molecule has 0 amide bonds. The van der Waals surface area contributed by atoms with Crippen molar-refractivity contribution < 1.29 is 14.5 Å². The van der Waals surface area contributed by atoms with Crippen LogP contribution in [0.25, 0.3) is 0 Å². The Bertz CT molecular complexity index is 548. The van der Waals surface area contributed by atoms with Crippen molar-refractivity contribution >= 4 is 29.4 Å². The number of nitriles is 1. The first-order valence-corrected chi connectivity index (χ1v) is 4.85. The van der Waals surface area contributed by atoms with E-state index in [0.717, 1.165) is 12.1 Å². The van der Waals surface area contributed by atoms with Gasteiger partial charge in [-0.05, 0) is 6.07 Å². The summed E-state index contributed by atoms with van der Waals surface area (Å²) in [6.07, 6.45) is 0.254. The van der Waals surface area contributed by atoms with Crippen molar-refractivity contribution in [1.29, 1.82) is 5.26 Å². The topological polar surface area (TPSA) is 101 Å². The quantitative estimate of drug-likeness (QED) is 0.267. The van der Waals surface area contributed by atoms with Crippen LogP contribution < -0.4 is 0 Å². The van der Waals surface area contributed by atoms with Crippen LogP contribution >= 0.6 is 11.6 Å². The smallest absolute Gasteiger partial charge is 0.281 e.